The minimum atomic E-state index is -0.832. The summed E-state index contributed by atoms with van der Waals surface area (Å²) >= 11 is 0. The first kappa shape index (κ1) is 11.7. The van der Waals surface area contributed by atoms with Crippen LogP contribution >= 0.6 is 0 Å². The molecule has 15 heavy (non-hydrogen) atoms. The minimum absolute atomic E-state index is 0.0808. The molecular formula is C10H13N3OS. The molecule has 1 aromatic rings. The number of aromatic nitrogens is 1. The first-order chi connectivity index (χ1) is 7.11. The van der Waals surface area contributed by atoms with Gasteiger partial charge < -0.3 is 5.32 Å². The summed E-state index contributed by atoms with van der Waals surface area (Å²) in [6.45, 7) is 1.93. The van der Waals surface area contributed by atoms with Crippen LogP contribution in [0.2, 0.25) is 0 Å². The number of pyridine rings is 1. The van der Waals surface area contributed by atoms with Crippen molar-refractivity contribution >= 4 is 16.6 Å². The number of anilines is 1. The lowest BCUT2D eigenvalue weighted by Crippen LogP contribution is -2.22. The van der Waals surface area contributed by atoms with Crippen LogP contribution in [0.25, 0.3) is 0 Å². The van der Waals surface area contributed by atoms with Crippen molar-refractivity contribution < 1.29 is 4.21 Å². The van der Waals surface area contributed by atoms with E-state index < -0.39 is 10.8 Å². The van der Waals surface area contributed by atoms with Gasteiger partial charge in [-0.05, 0) is 19.1 Å². The van der Waals surface area contributed by atoms with Gasteiger partial charge in [0, 0.05) is 28.9 Å². The normalized spacial score (nSPS) is 13.9. The van der Waals surface area contributed by atoms with Gasteiger partial charge >= 0.3 is 0 Å². The highest BCUT2D eigenvalue weighted by Crippen LogP contribution is 2.06. The highest BCUT2D eigenvalue weighted by molar-refractivity contribution is 7.84. The van der Waals surface area contributed by atoms with E-state index in [-0.39, 0.29) is 6.04 Å². The third-order valence-corrected chi connectivity index (χ3v) is 2.71. The Morgan fingerprint density at radius 1 is 1.67 bits per heavy atom. The van der Waals surface area contributed by atoms with Crippen LogP contribution in [-0.4, -0.2) is 27.2 Å². The van der Waals surface area contributed by atoms with Crippen molar-refractivity contribution in [3.63, 3.8) is 0 Å². The largest absolute Gasteiger partial charge is 0.367 e. The van der Waals surface area contributed by atoms with Crippen LogP contribution in [0.3, 0.4) is 0 Å². The molecule has 0 fully saturated rings. The number of nitrogens with one attached hydrogen (secondary N) is 1. The summed E-state index contributed by atoms with van der Waals surface area (Å²) in [6.07, 6.45) is 1.66. The molecule has 5 heteroatoms. The number of hydrogen-bond acceptors (Lipinski definition) is 4. The van der Waals surface area contributed by atoms with Gasteiger partial charge in [-0.15, -0.1) is 0 Å². The standard InChI is InChI=1S/C10H13N3OS/c1-8(7-15(2)14)12-10-5-3-4-9(6-11)13-10/h3-5,8H,7H2,1-2H3,(H,12,13). The molecule has 0 saturated heterocycles. The van der Waals surface area contributed by atoms with Gasteiger partial charge in [0.1, 0.15) is 17.6 Å². The highest BCUT2D eigenvalue weighted by Gasteiger charge is 2.05. The molecule has 0 aromatic carbocycles. The Bertz CT molecular complexity index is 400. The smallest absolute Gasteiger partial charge is 0.142 e. The molecule has 0 bridgehead atoms. The summed E-state index contributed by atoms with van der Waals surface area (Å²) in [6, 6.07) is 7.25. The summed E-state index contributed by atoms with van der Waals surface area (Å²) in [5, 5.41) is 11.7. The Labute approximate surface area is 91.8 Å². The van der Waals surface area contributed by atoms with Gasteiger partial charge in [0.25, 0.3) is 0 Å². The SMILES string of the molecule is CC(CS(C)=O)Nc1cccc(C#N)n1. The molecule has 0 aliphatic heterocycles. The second-order valence-electron chi connectivity index (χ2n) is 3.31. The van der Waals surface area contributed by atoms with Gasteiger partial charge in [-0.1, -0.05) is 6.07 Å². The third kappa shape index (κ3) is 4.09. The van der Waals surface area contributed by atoms with Crippen molar-refractivity contribution in [2.75, 3.05) is 17.3 Å². The van der Waals surface area contributed by atoms with E-state index in [1.165, 1.54) is 0 Å². The van der Waals surface area contributed by atoms with Crippen molar-refractivity contribution in [3.8, 4) is 6.07 Å². The van der Waals surface area contributed by atoms with Gasteiger partial charge in [0.2, 0.25) is 0 Å². The number of rotatable bonds is 4. The molecule has 80 valence electrons. The van der Waals surface area contributed by atoms with Gasteiger partial charge in [-0.2, -0.15) is 5.26 Å². The topological polar surface area (TPSA) is 65.8 Å². The van der Waals surface area contributed by atoms with Crippen LogP contribution in [0.15, 0.2) is 18.2 Å². The van der Waals surface area contributed by atoms with E-state index in [9.17, 15) is 4.21 Å². The van der Waals surface area contributed by atoms with Crippen molar-refractivity contribution in [2.24, 2.45) is 0 Å². The van der Waals surface area contributed by atoms with Crippen LogP contribution in [-0.2, 0) is 10.8 Å². The first-order valence-corrected chi connectivity index (χ1v) is 6.28. The van der Waals surface area contributed by atoms with E-state index in [0.717, 1.165) is 0 Å². The maximum Gasteiger partial charge on any atom is 0.142 e. The predicted octanol–water partition coefficient (Wildman–Crippen LogP) is 1.13. The molecule has 2 atom stereocenters. The minimum Gasteiger partial charge on any atom is -0.367 e. The van der Waals surface area contributed by atoms with Crippen LogP contribution in [0, 0.1) is 11.3 Å². The highest BCUT2D eigenvalue weighted by atomic mass is 32.2. The Morgan fingerprint density at radius 2 is 2.40 bits per heavy atom. The molecule has 1 N–H and O–H groups in total. The van der Waals surface area contributed by atoms with Crippen LogP contribution in [0.4, 0.5) is 5.82 Å². The summed E-state index contributed by atoms with van der Waals surface area (Å²) in [7, 11) is -0.832. The fraction of sp³-hybridized carbons (Fsp3) is 0.400. The molecule has 0 aliphatic carbocycles. The fourth-order valence-electron chi connectivity index (χ4n) is 1.22. The zero-order valence-corrected chi connectivity index (χ0v) is 9.54. The van der Waals surface area contributed by atoms with E-state index in [1.807, 2.05) is 13.0 Å². The van der Waals surface area contributed by atoms with Crippen LogP contribution in [0.5, 0.6) is 0 Å². The summed E-state index contributed by atoms with van der Waals surface area (Å²) in [4.78, 5) is 4.07. The molecule has 1 rings (SSSR count). The lowest BCUT2D eigenvalue weighted by Gasteiger charge is -2.12. The summed E-state index contributed by atoms with van der Waals surface area (Å²) in [5.41, 5.74) is 0.379. The molecule has 0 amide bonds. The second-order valence-corrected chi connectivity index (χ2v) is 4.78. The second kappa shape index (κ2) is 5.47. The third-order valence-electron chi connectivity index (χ3n) is 1.74. The van der Waals surface area contributed by atoms with E-state index >= 15 is 0 Å². The van der Waals surface area contributed by atoms with Gasteiger partial charge in [0.15, 0.2) is 0 Å². The maximum absolute atomic E-state index is 11.0. The van der Waals surface area contributed by atoms with Gasteiger partial charge in [-0.3, -0.25) is 4.21 Å². The Balaban J connectivity index is 2.64. The molecule has 4 nitrogen and oxygen atoms in total. The molecule has 0 saturated carbocycles. The summed E-state index contributed by atoms with van der Waals surface area (Å²) in [5.74, 6) is 1.21. The Kier molecular flexibility index (Phi) is 4.25. The molecule has 2 unspecified atom stereocenters. The zero-order chi connectivity index (χ0) is 11.3. The van der Waals surface area contributed by atoms with Crippen molar-refractivity contribution in [3.05, 3.63) is 23.9 Å². The average Bonchev–Trinajstić information content (AvgIpc) is 2.16. The molecular weight excluding hydrogens is 210 g/mol. The molecule has 0 aliphatic rings. The first-order valence-electron chi connectivity index (χ1n) is 4.55. The number of hydrogen-bond donors (Lipinski definition) is 1. The van der Waals surface area contributed by atoms with Crippen LogP contribution in [0.1, 0.15) is 12.6 Å². The average molecular weight is 223 g/mol. The fourth-order valence-corrected chi connectivity index (χ4v) is 2.01. The number of nitriles is 1. The van der Waals surface area contributed by atoms with Crippen molar-refractivity contribution in [2.45, 2.75) is 13.0 Å². The summed E-state index contributed by atoms with van der Waals surface area (Å²) < 4.78 is 11.0. The zero-order valence-electron chi connectivity index (χ0n) is 8.73. The quantitative estimate of drug-likeness (QED) is 0.831. The lowest BCUT2D eigenvalue weighted by molar-refractivity contribution is 0.683. The van der Waals surface area contributed by atoms with E-state index in [1.54, 1.807) is 24.5 Å². The molecule has 1 heterocycles. The van der Waals surface area contributed by atoms with Crippen LogP contribution < -0.4 is 5.32 Å². The molecule has 0 radical (unpaired) electrons. The van der Waals surface area contributed by atoms with E-state index in [2.05, 4.69) is 10.3 Å². The van der Waals surface area contributed by atoms with Crippen molar-refractivity contribution in [1.82, 2.24) is 4.98 Å². The van der Waals surface area contributed by atoms with E-state index in [0.29, 0.717) is 17.3 Å². The van der Waals surface area contributed by atoms with Gasteiger partial charge in [0.05, 0.1) is 0 Å². The van der Waals surface area contributed by atoms with Crippen molar-refractivity contribution in [1.29, 1.82) is 5.26 Å². The molecule has 0 spiro atoms. The number of nitrogens with zero attached hydrogens (tertiary/aromatic N) is 2. The van der Waals surface area contributed by atoms with Gasteiger partial charge in [-0.25, -0.2) is 4.98 Å². The predicted molar refractivity (Wildman–Crippen MR) is 61.0 cm³/mol. The molecule has 1 aromatic heterocycles. The Morgan fingerprint density at radius 3 is 3.00 bits per heavy atom. The Hall–Kier alpha value is -1.41. The van der Waals surface area contributed by atoms with E-state index in [4.69, 9.17) is 5.26 Å². The lowest BCUT2D eigenvalue weighted by atomic mass is 10.3. The monoisotopic (exact) mass is 223 g/mol. The maximum atomic E-state index is 11.0.